The van der Waals surface area contributed by atoms with Gasteiger partial charge in [0.25, 0.3) is 0 Å². The zero-order chi connectivity index (χ0) is 14.4. The fourth-order valence-electron chi connectivity index (χ4n) is 2.56. The summed E-state index contributed by atoms with van der Waals surface area (Å²) in [6.07, 6.45) is 6.68. The first-order chi connectivity index (χ1) is 9.63. The lowest BCUT2D eigenvalue weighted by molar-refractivity contribution is 0.412. The highest BCUT2D eigenvalue weighted by atomic mass is 32.1. The van der Waals surface area contributed by atoms with Crippen molar-refractivity contribution in [3.63, 3.8) is 0 Å². The lowest BCUT2D eigenvalue weighted by Crippen LogP contribution is -2.43. The predicted octanol–water partition coefficient (Wildman–Crippen LogP) is 3.30. The Hall–Kier alpha value is -1.23. The molecule has 1 fully saturated rings. The highest BCUT2D eigenvalue weighted by molar-refractivity contribution is 7.80. The standard InChI is InChI=1S/C15H20F2N2S/c16-12-8-11(9-13(17)10-12)6-7-18-15(20)19-14-4-2-1-3-5-14/h8-10,14H,1-7H2,(H2,18,19,20). The molecule has 2 N–H and O–H groups in total. The number of benzene rings is 1. The minimum absolute atomic E-state index is 0.468. The van der Waals surface area contributed by atoms with Gasteiger partial charge in [0.15, 0.2) is 5.11 Å². The monoisotopic (exact) mass is 298 g/mol. The summed E-state index contributed by atoms with van der Waals surface area (Å²) in [7, 11) is 0. The van der Waals surface area contributed by atoms with Crippen molar-refractivity contribution in [1.29, 1.82) is 0 Å². The molecule has 0 amide bonds. The first-order valence-corrected chi connectivity index (χ1v) is 7.53. The van der Waals surface area contributed by atoms with E-state index in [0.29, 0.717) is 29.7 Å². The van der Waals surface area contributed by atoms with Gasteiger partial charge in [-0.3, -0.25) is 0 Å². The smallest absolute Gasteiger partial charge is 0.166 e. The van der Waals surface area contributed by atoms with Crippen LogP contribution in [0.2, 0.25) is 0 Å². The van der Waals surface area contributed by atoms with Gasteiger partial charge in [-0.25, -0.2) is 8.78 Å². The van der Waals surface area contributed by atoms with Crippen molar-refractivity contribution in [2.75, 3.05) is 6.54 Å². The predicted molar refractivity (Wildman–Crippen MR) is 80.7 cm³/mol. The van der Waals surface area contributed by atoms with Gasteiger partial charge in [0.2, 0.25) is 0 Å². The van der Waals surface area contributed by atoms with Crippen LogP contribution in [0.1, 0.15) is 37.7 Å². The van der Waals surface area contributed by atoms with Crippen LogP contribution in [-0.4, -0.2) is 17.7 Å². The second-order valence-electron chi connectivity index (χ2n) is 5.26. The number of thiocarbonyl (C=S) groups is 1. The first kappa shape index (κ1) is 15.2. The molecule has 1 aromatic rings. The highest BCUT2D eigenvalue weighted by Crippen LogP contribution is 2.17. The van der Waals surface area contributed by atoms with E-state index in [1.807, 2.05) is 0 Å². The Labute approximate surface area is 123 Å². The van der Waals surface area contributed by atoms with Gasteiger partial charge in [-0.15, -0.1) is 0 Å². The summed E-state index contributed by atoms with van der Waals surface area (Å²) >= 11 is 5.23. The molecule has 0 heterocycles. The van der Waals surface area contributed by atoms with Gasteiger partial charge in [0, 0.05) is 18.7 Å². The van der Waals surface area contributed by atoms with Gasteiger partial charge >= 0.3 is 0 Å². The minimum atomic E-state index is -0.539. The normalized spacial score (nSPS) is 15.9. The summed E-state index contributed by atoms with van der Waals surface area (Å²) < 4.78 is 26.0. The largest absolute Gasteiger partial charge is 0.362 e. The van der Waals surface area contributed by atoms with Crippen molar-refractivity contribution in [3.8, 4) is 0 Å². The topological polar surface area (TPSA) is 24.1 Å². The lowest BCUT2D eigenvalue weighted by atomic mass is 9.96. The van der Waals surface area contributed by atoms with Crippen molar-refractivity contribution in [2.45, 2.75) is 44.6 Å². The van der Waals surface area contributed by atoms with Gasteiger partial charge < -0.3 is 10.6 Å². The molecule has 1 aromatic carbocycles. The first-order valence-electron chi connectivity index (χ1n) is 7.13. The summed E-state index contributed by atoms with van der Waals surface area (Å²) in [5.41, 5.74) is 0.635. The molecule has 0 atom stereocenters. The molecule has 0 unspecified atom stereocenters. The van der Waals surface area contributed by atoms with E-state index in [2.05, 4.69) is 10.6 Å². The van der Waals surface area contributed by atoms with Crippen LogP contribution in [0.25, 0.3) is 0 Å². The van der Waals surface area contributed by atoms with Crippen molar-refractivity contribution in [3.05, 3.63) is 35.4 Å². The molecule has 0 bridgehead atoms. The number of rotatable bonds is 4. The van der Waals surface area contributed by atoms with Crippen molar-refractivity contribution < 1.29 is 8.78 Å². The van der Waals surface area contributed by atoms with Crippen molar-refractivity contribution in [1.82, 2.24) is 10.6 Å². The molecular weight excluding hydrogens is 278 g/mol. The molecule has 0 spiro atoms. The van der Waals surface area contributed by atoms with Crippen molar-refractivity contribution >= 4 is 17.3 Å². The van der Waals surface area contributed by atoms with E-state index in [-0.39, 0.29) is 0 Å². The molecule has 20 heavy (non-hydrogen) atoms. The Kier molecular flexibility index (Phi) is 5.71. The lowest BCUT2D eigenvalue weighted by Gasteiger charge is -2.24. The Morgan fingerprint density at radius 1 is 1.10 bits per heavy atom. The van der Waals surface area contributed by atoms with Crippen LogP contribution in [0.15, 0.2) is 18.2 Å². The highest BCUT2D eigenvalue weighted by Gasteiger charge is 2.13. The Balaban J connectivity index is 1.70. The van der Waals surface area contributed by atoms with E-state index in [4.69, 9.17) is 12.2 Å². The average Bonchev–Trinajstić information content (AvgIpc) is 2.38. The van der Waals surface area contributed by atoms with E-state index in [0.717, 1.165) is 18.9 Å². The van der Waals surface area contributed by atoms with Crippen LogP contribution in [0.3, 0.4) is 0 Å². The molecule has 1 aliphatic carbocycles. The second kappa shape index (κ2) is 7.53. The van der Waals surface area contributed by atoms with E-state index in [1.54, 1.807) is 0 Å². The number of hydrogen-bond donors (Lipinski definition) is 2. The van der Waals surface area contributed by atoms with Crippen LogP contribution in [0.5, 0.6) is 0 Å². The average molecular weight is 298 g/mol. The van der Waals surface area contributed by atoms with E-state index < -0.39 is 11.6 Å². The third kappa shape index (κ3) is 5.04. The summed E-state index contributed by atoms with van der Waals surface area (Å²) in [6.45, 7) is 0.571. The van der Waals surface area contributed by atoms with Crippen LogP contribution in [-0.2, 0) is 6.42 Å². The molecule has 1 saturated carbocycles. The van der Waals surface area contributed by atoms with E-state index >= 15 is 0 Å². The van der Waals surface area contributed by atoms with Crippen LogP contribution >= 0.6 is 12.2 Å². The number of hydrogen-bond acceptors (Lipinski definition) is 1. The van der Waals surface area contributed by atoms with Gasteiger partial charge in [-0.2, -0.15) is 0 Å². The Bertz CT molecular complexity index is 439. The Morgan fingerprint density at radius 2 is 1.75 bits per heavy atom. The molecule has 1 aliphatic rings. The SMILES string of the molecule is Fc1cc(F)cc(CCNC(=S)NC2CCCCC2)c1. The zero-order valence-corrected chi connectivity index (χ0v) is 12.2. The van der Waals surface area contributed by atoms with Crippen molar-refractivity contribution in [2.24, 2.45) is 0 Å². The maximum atomic E-state index is 13.0. The molecule has 5 heteroatoms. The summed E-state index contributed by atoms with van der Waals surface area (Å²) in [5, 5.41) is 7.03. The third-order valence-corrected chi connectivity index (χ3v) is 3.82. The van der Waals surface area contributed by atoms with Crippen LogP contribution < -0.4 is 10.6 Å². The summed E-state index contributed by atoms with van der Waals surface area (Å²) in [6, 6.07) is 4.05. The Morgan fingerprint density at radius 3 is 2.40 bits per heavy atom. The van der Waals surface area contributed by atoms with Gasteiger partial charge in [0.05, 0.1) is 0 Å². The summed E-state index contributed by atoms with van der Waals surface area (Å²) in [5.74, 6) is -1.08. The third-order valence-electron chi connectivity index (χ3n) is 3.56. The van der Waals surface area contributed by atoms with Crippen LogP contribution in [0, 0.1) is 11.6 Å². The number of halogens is 2. The molecule has 2 nitrogen and oxygen atoms in total. The quantitative estimate of drug-likeness (QED) is 0.834. The minimum Gasteiger partial charge on any atom is -0.362 e. The zero-order valence-electron chi connectivity index (χ0n) is 11.4. The molecule has 0 aliphatic heterocycles. The molecule has 0 aromatic heterocycles. The fraction of sp³-hybridized carbons (Fsp3) is 0.533. The van der Waals surface area contributed by atoms with Crippen LogP contribution in [0.4, 0.5) is 8.78 Å². The maximum Gasteiger partial charge on any atom is 0.166 e. The summed E-state index contributed by atoms with van der Waals surface area (Å²) in [4.78, 5) is 0. The second-order valence-corrected chi connectivity index (χ2v) is 5.67. The van der Waals surface area contributed by atoms with Gasteiger partial charge in [-0.05, 0) is 49.2 Å². The molecule has 0 saturated heterocycles. The van der Waals surface area contributed by atoms with E-state index in [1.165, 1.54) is 31.4 Å². The molecular formula is C15H20F2N2S. The molecule has 110 valence electrons. The maximum absolute atomic E-state index is 13.0. The molecule has 0 radical (unpaired) electrons. The van der Waals surface area contributed by atoms with E-state index in [9.17, 15) is 8.78 Å². The number of nitrogens with one attached hydrogen (secondary N) is 2. The van der Waals surface area contributed by atoms with Gasteiger partial charge in [-0.1, -0.05) is 19.3 Å². The van der Waals surface area contributed by atoms with Gasteiger partial charge in [0.1, 0.15) is 11.6 Å². The molecule has 2 rings (SSSR count). The fourth-order valence-corrected chi connectivity index (χ4v) is 2.83.